The summed E-state index contributed by atoms with van der Waals surface area (Å²) in [6, 6.07) is 49.8. The lowest BCUT2D eigenvalue weighted by molar-refractivity contribution is 1.24. The molecule has 2 nitrogen and oxygen atoms in total. The Labute approximate surface area is 258 Å². The molecule has 0 amide bonds. The average molecular weight is 563 g/mol. The first kappa shape index (κ1) is 25.2. The van der Waals surface area contributed by atoms with Gasteiger partial charge >= 0.3 is 0 Å². The lowest BCUT2D eigenvalue weighted by Crippen LogP contribution is -2.61. The molecular formula is C41H31BN2. The Morgan fingerprint density at radius 3 is 1.39 bits per heavy atom. The van der Waals surface area contributed by atoms with E-state index in [1.807, 2.05) is 0 Å². The SMILES string of the molecule is Cc1cccc(N2c3cc(C)cc4c3B(c3ccc5ccccc5c32)c2ccc3ccccc3c2N4c2cccc(C)c2)c1. The molecular weight excluding hydrogens is 531 g/mol. The minimum Gasteiger partial charge on any atom is -0.311 e. The maximum absolute atomic E-state index is 2.54. The van der Waals surface area contributed by atoms with Crippen molar-refractivity contribution in [3.8, 4) is 0 Å². The average Bonchev–Trinajstić information content (AvgIpc) is 3.04. The smallest absolute Gasteiger partial charge is 0.252 e. The molecule has 208 valence electrons. The molecule has 44 heavy (non-hydrogen) atoms. The fourth-order valence-electron chi connectivity index (χ4n) is 7.72. The summed E-state index contributed by atoms with van der Waals surface area (Å²) in [5, 5.41) is 5.08. The highest BCUT2D eigenvalue weighted by Crippen LogP contribution is 2.47. The summed E-state index contributed by atoms with van der Waals surface area (Å²) >= 11 is 0. The molecule has 0 radical (unpaired) electrons. The predicted molar refractivity (Wildman–Crippen MR) is 190 cm³/mol. The molecule has 0 bridgehead atoms. The van der Waals surface area contributed by atoms with Crippen LogP contribution < -0.4 is 26.2 Å². The van der Waals surface area contributed by atoms with Crippen molar-refractivity contribution in [2.45, 2.75) is 20.8 Å². The number of aryl methyl sites for hydroxylation is 3. The summed E-state index contributed by atoms with van der Waals surface area (Å²) < 4.78 is 0. The van der Waals surface area contributed by atoms with Crippen LogP contribution in [0.15, 0.2) is 133 Å². The summed E-state index contributed by atoms with van der Waals surface area (Å²) in [4.78, 5) is 5.07. The van der Waals surface area contributed by atoms with Gasteiger partial charge in [-0.25, -0.2) is 0 Å². The van der Waals surface area contributed by atoms with Crippen LogP contribution in [-0.4, -0.2) is 6.71 Å². The minimum absolute atomic E-state index is 0.0990. The lowest BCUT2D eigenvalue weighted by atomic mass is 9.33. The van der Waals surface area contributed by atoms with E-state index in [1.165, 1.54) is 88.7 Å². The summed E-state index contributed by atoms with van der Waals surface area (Å²) in [6.07, 6.45) is 0. The summed E-state index contributed by atoms with van der Waals surface area (Å²) in [5.41, 5.74) is 15.3. The molecule has 0 fully saturated rings. The number of fused-ring (bicyclic) bond motifs is 8. The van der Waals surface area contributed by atoms with Crippen LogP contribution in [0.25, 0.3) is 21.5 Å². The second kappa shape index (κ2) is 9.36. The molecule has 0 saturated carbocycles. The van der Waals surface area contributed by atoms with Crippen molar-refractivity contribution in [1.82, 2.24) is 0 Å². The first-order valence-electron chi connectivity index (χ1n) is 15.5. The molecule has 3 heteroatoms. The predicted octanol–water partition coefficient (Wildman–Crippen LogP) is 9.00. The second-order valence-electron chi connectivity index (χ2n) is 12.4. The van der Waals surface area contributed by atoms with Crippen molar-refractivity contribution in [2.24, 2.45) is 0 Å². The van der Waals surface area contributed by atoms with Crippen molar-refractivity contribution >= 4 is 78.8 Å². The highest BCUT2D eigenvalue weighted by molar-refractivity contribution is 7.00. The molecule has 0 aromatic heterocycles. The van der Waals surface area contributed by atoms with Crippen LogP contribution >= 0.6 is 0 Å². The maximum Gasteiger partial charge on any atom is 0.252 e. The van der Waals surface area contributed by atoms with E-state index in [1.54, 1.807) is 0 Å². The fraction of sp³-hybridized carbons (Fsp3) is 0.0732. The third-order valence-electron chi connectivity index (χ3n) is 9.50. The number of hydrogen-bond donors (Lipinski definition) is 0. The van der Waals surface area contributed by atoms with Crippen molar-refractivity contribution in [3.63, 3.8) is 0 Å². The molecule has 2 aliphatic rings. The molecule has 2 aliphatic heterocycles. The molecule has 0 spiro atoms. The van der Waals surface area contributed by atoms with Crippen LogP contribution in [0.5, 0.6) is 0 Å². The van der Waals surface area contributed by atoms with Crippen LogP contribution in [0, 0.1) is 20.8 Å². The van der Waals surface area contributed by atoms with Gasteiger partial charge in [0.2, 0.25) is 0 Å². The zero-order chi connectivity index (χ0) is 29.5. The quantitative estimate of drug-likeness (QED) is 0.194. The Hall–Kier alpha value is -5.28. The topological polar surface area (TPSA) is 6.48 Å². The number of rotatable bonds is 2. The molecule has 0 aliphatic carbocycles. The van der Waals surface area contributed by atoms with E-state index in [-0.39, 0.29) is 6.71 Å². The van der Waals surface area contributed by atoms with Crippen molar-refractivity contribution in [3.05, 3.63) is 150 Å². The Morgan fingerprint density at radius 1 is 0.432 bits per heavy atom. The highest BCUT2D eigenvalue weighted by atomic mass is 15.2. The Bertz CT molecular complexity index is 2140. The summed E-state index contributed by atoms with van der Waals surface area (Å²) in [6.45, 7) is 6.72. The van der Waals surface area contributed by atoms with Gasteiger partial charge in [0.25, 0.3) is 6.71 Å². The molecule has 0 atom stereocenters. The zero-order valence-electron chi connectivity index (χ0n) is 25.2. The van der Waals surface area contributed by atoms with Crippen molar-refractivity contribution in [2.75, 3.05) is 9.80 Å². The Morgan fingerprint density at radius 2 is 0.909 bits per heavy atom. The Kier molecular flexibility index (Phi) is 5.37. The second-order valence-corrected chi connectivity index (χ2v) is 12.4. The molecule has 7 aromatic carbocycles. The molecule has 0 N–H and O–H groups in total. The summed E-state index contributed by atoms with van der Waals surface area (Å²) in [7, 11) is 0. The first-order chi connectivity index (χ1) is 21.6. The monoisotopic (exact) mass is 562 g/mol. The standard InChI is InChI=1S/C41H31BN2/c1-26-10-8-14-31(22-26)43-37-24-28(3)25-38-39(37)42(35-20-18-29-12-4-6-16-33(29)40(35)43)36-21-19-30-13-5-7-17-34(30)41(36)44(38)32-15-9-11-27(2)23-32/h4-25H,1-3H3. The summed E-state index contributed by atoms with van der Waals surface area (Å²) in [5.74, 6) is 0. The molecule has 9 rings (SSSR count). The number of benzene rings is 7. The van der Waals surface area contributed by atoms with Gasteiger partial charge in [0.1, 0.15) is 0 Å². The van der Waals surface area contributed by atoms with Crippen molar-refractivity contribution in [1.29, 1.82) is 0 Å². The van der Waals surface area contributed by atoms with E-state index in [0.29, 0.717) is 0 Å². The minimum atomic E-state index is 0.0990. The van der Waals surface area contributed by atoms with Crippen LogP contribution in [0.4, 0.5) is 34.1 Å². The van der Waals surface area contributed by atoms with E-state index in [2.05, 4.69) is 164 Å². The van der Waals surface area contributed by atoms with Crippen LogP contribution in [-0.2, 0) is 0 Å². The van der Waals surface area contributed by atoms with E-state index >= 15 is 0 Å². The third kappa shape index (κ3) is 3.56. The van der Waals surface area contributed by atoms with Gasteiger partial charge in [-0.05, 0) is 101 Å². The van der Waals surface area contributed by atoms with Gasteiger partial charge < -0.3 is 9.80 Å². The van der Waals surface area contributed by atoms with Gasteiger partial charge in [0.15, 0.2) is 0 Å². The van der Waals surface area contributed by atoms with E-state index < -0.39 is 0 Å². The van der Waals surface area contributed by atoms with Gasteiger partial charge in [-0.3, -0.25) is 0 Å². The highest BCUT2D eigenvalue weighted by Gasteiger charge is 2.44. The van der Waals surface area contributed by atoms with Crippen LogP contribution in [0.1, 0.15) is 16.7 Å². The normalized spacial score (nSPS) is 13.2. The van der Waals surface area contributed by atoms with Gasteiger partial charge in [0, 0.05) is 44.9 Å². The van der Waals surface area contributed by atoms with Crippen LogP contribution in [0.3, 0.4) is 0 Å². The van der Waals surface area contributed by atoms with E-state index in [0.717, 1.165) is 0 Å². The zero-order valence-corrected chi connectivity index (χ0v) is 25.2. The largest absolute Gasteiger partial charge is 0.311 e. The van der Waals surface area contributed by atoms with Crippen LogP contribution in [0.2, 0.25) is 0 Å². The van der Waals surface area contributed by atoms with Gasteiger partial charge in [-0.2, -0.15) is 0 Å². The fourth-order valence-corrected chi connectivity index (χ4v) is 7.72. The first-order valence-corrected chi connectivity index (χ1v) is 15.5. The van der Waals surface area contributed by atoms with Gasteiger partial charge in [-0.1, -0.05) is 97.1 Å². The number of hydrogen-bond acceptors (Lipinski definition) is 2. The molecule has 0 unspecified atom stereocenters. The Balaban J connectivity index is 1.47. The van der Waals surface area contributed by atoms with Gasteiger partial charge in [-0.15, -0.1) is 0 Å². The van der Waals surface area contributed by atoms with E-state index in [4.69, 9.17) is 0 Å². The van der Waals surface area contributed by atoms with E-state index in [9.17, 15) is 0 Å². The van der Waals surface area contributed by atoms with Crippen molar-refractivity contribution < 1.29 is 0 Å². The number of nitrogens with zero attached hydrogens (tertiary/aromatic N) is 2. The maximum atomic E-state index is 2.54. The molecule has 2 heterocycles. The third-order valence-corrected chi connectivity index (χ3v) is 9.50. The number of anilines is 6. The lowest BCUT2D eigenvalue weighted by Gasteiger charge is -2.45. The molecule has 7 aromatic rings. The molecule has 0 saturated heterocycles. The van der Waals surface area contributed by atoms with Gasteiger partial charge in [0.05, 0.1) is 0 Å².